The maximum Gasteiger partial charge on any atom is 0.426 e. The van der Waals surface area contributed by atoms with E-state index < -0.39 is 53.9 Å². The van der Waals surface area contributed by atoms with Crippen LogP contribution in [0, 0.1) is 11.8 Å². The summed E-state index contributed by atoms with van der Waals surface area (Å²) in [6.45, 7) is 2.19. The average Bonchev–Trinajstić information content (AvgIpc) is 2.74. The molecule has 0 heterocycles. The fourth-order valence-corrected chi connectivity index (χ4v) is 2.48. The number of alkyl halides is 3. The number of carbonyl (C=O) groups is 4. The molecule has 5 amide bonds. The molecule has 0 aromatic heterocycles. The number of amides is 5. The first-order chi connectivity index (χ1) is 15.9. The Morgan fingerprint density at radius 2 is 1.85 bits per heavy atom. The van der Waals surface area contributed by atoms with Crippen LogP contribution in [0.5, 0.6) is 0 Å². The lowest BCUT2D eigenvalue weighted by Gasteiger charge is -2.20. The number of aliphatic hydroxyl groups is 1. The lowest BCUT2D eigenvalue weighted by Crippen LogP contribution is -2.49. The molecule has 0 saturated carbocycles. The topological polar surface area (TPSA) is 160 Å². The summed E-state index contributed by atoms with van der Waals surface area (Å²) in [4.78, 5) is 47.5. The molecule has 11 nitrogen and oxygen atoms in total. The van der Waals surface area contributed by atoms with Crippen LogP contribution in [0.15, 0.2) is 18.2 Å². The van der Waals surface area contributed by atoms with Crippen LogP contribution >= 0.6 is 0 Å². The number of halogens is 3. The minimum atomic E-state index is -4.77. The van der Waals surface area contributed by atoms with Gasteiger partial charge in [-0.3, -0.25) is 15.0 Å². The third-order valence-corrected chi connectivity index (χ3v) is 4.01. The number of anilines is 1. The molecular weight excluding hydrogens is 463 g/mol. The Labute approximate surface area is 192 Å². The molecule has 1 atom stereocenters. The number of nitrogens with one attached hydrogen (secondary N) is 4. The summed E-state index contributed by atoms with van der Waals surface area (Å²) in [5, 5.41) is 25.8. The summed E-state index contributed by atoms with van der Waals surface area (Å²) < 4.78 is 39.2. The SMILES string of the molecule is CC#C[C@@H](O)CCN(NC(=O)CNC(=O)c1cc(C(F)(F)F)ccc1NC(=O)NCC)C(=O)O. The molecule has 186 valence electrons. The van der Waals surface area contributed by atoms with Gasteiger partial charge in [0, 0.05) is 19.5 Å². The van der Waals surface area contributed by atoms with Gasteiger partial charge < -0.3 is 26.2 Å². The number of rotatable bonds is 8. The Kier molecular flexibility index (Phi) is 10.6. The molecule has 1 aromatic rings. The largest absolute Gasteiger partial charge is 0.464 e. The van der Waals surface area contributed by atoms with Gasteiger partial charge in [0.05, 0.1) is 23.4 Å². The monoisotopic (exact) mass is 487 g/mol. The van der Waals surface area contributed by atoms with Crippen molar-refractivity contribution in [3.63, 3.8) is 0 Å². The number of urea groups is 1. The quantitative estimate of drug-likeness (QED) is 0.240. The molecule has 1 rings (SSSR count). The fraction of sp³-hybridized carbons (Fsp3) is 0.400. The van der Waals surface area contributed by atoms with Gasteiger partial charge >= 0.3 is 18.3 Å². The highest BCUT2D eigenvalue weighted by atomic mass is 19.4. The standard InChI is InChI=1S/C20H24F3N5O6/c1-3-5-13(29)8-9-28(19(33)34)27-16(30)11-25-17(31)14-10-12(20(21,22)23)6-7-15(14)26-18(32)24-4-2/h6-7,10,13,29H,4,8-9,11H2,1-2H3,(H,25,31)(H,27,30)(H,33,34)(H2,24,26,32)/t13-/m1/s1. The zero-order chi connectivity index (χ0) is 25.9. The van der Waals surface area contributed by atoms with Crippen LogP contribution in [-0.2, 0) is 11.0 Å². The van der Waals surface area contributed by atoms with E-state index in [2.05, 4.69) is 27.8 Å². The van der Waals surface area contributed by atoms with Crippen molar-refractivity contribution in [1.82, 2.24) is 21.1 Å². The normalized spacial score (nSPS) is 11.4. The van der Waals surface area contributed by atoms with Crippen LogP contribution in [0.2, 0.25) is 0 Å². The minimum absolute atomic E-state index is 0.112. The van der Waals surface area contributed by atoms with E-state index in [0.717, 1.165) is 6.07 Å². The summed E-state index contributed by atoms with van der Waals surface area (Å²) in [6, 6.07) is 1.31. The Morgan fingerprint density at radius 1 is 1.18 bits per heavy atom. The minimum Gasteiger partial charge on any atom is -0.464 e. The van der Waals surface area contributed by atoms with Crippen molar-refractivity contribution < 1.29 is 42.6 Å². The van der Waals surface area contributed by atoms with Gasteiger partial charge in [-0.1, -0.05) is 5.92 Å². The molecule has 0 radical (unpaired) electrons. The molecule has 0 aliphatic carbocycles. The number of hydrogen-bond acceptors (Lipinski definition) is 5. The van der Waals surface area contributed by atoms with E-state index in [-0.39, 0.29) is 25.2 Å². The number of nitrogens with zero attached hydrogens (tertiary/aromatic N) is 1. The van der Waals surface area contributed by atoms with Gasteiger partial charge in [0.2, 0.25) is 0 Å². The van der Waals surface area contributed by atoms with Gasteiger partial charge in [0.1, 0.15) is 6.10 Å². The van der Waals surface area contributed by atoms with Gasteiger partial charge in [0.25, 0.3) is 11.8 Å². The first kappa shape index (κ1) is 28.0. The molecule has 0 saturated heterocycles. The van der Waals surface area contributed by atoms with E-state index >= 15 is 0 Å². The van der Waals surface area contributed by atoms with Crippen LogP contribution in [0.1, 0.15) is 36.2 Å². The van der Waals surface area contributed by atoms with E-state index in [0.29, 0.717) is 17.1 Å². The Balaban J connectivity index is 2.91. The number of benzene rings is 1. The summed E-state index contributed by atoms with van der Waals surface area (Å²) in [5.41, 5.74) is 0.0177. The number of carboxylic acid groups (broad SMARTS) is 1. The molecule has 14 heteroatoms. The second kappa shape index (κ2) is 12.9. The van der Waals surface area contributed by atoms with Gasteiger partial charge in [-0.15, -0.1) is 5.92 Å². The van der Waals surface area contributed by atoms with Crippen LogP contribution in [0.3, 0.4) is 0 Å². The van der Waals surface area contributed by atoms with E-state index in [1.165, 1.54) is 6.92 Å². The van der Waals surface area contributed by atoms with E-state index in [4.69, 9.17) is 5.11 Å². The summed E-state index contributed by atoms with van der Waals surface area (Å²) in [6.07, 6.45) is -7.56. The lowest BCUT2D eigenvalue weighted by atomic mass is 10.1. The lowest BCUT2D eigenvalue weighted by molar-refractivity contribution is -0.137. The van der Waals surface area contributed by atoms with Gasteiger partial charge in [-0.25, -0.2) is 14.6 Å². The van der Waals surface area contributed by atoms with Crippen molar-refractivity contribution in [2.45, 2.75) is 32.5 Å². The molecule has 34 heavy (non-hydrogen) atoms. The second-order valence-corrected chi connectivity index (χ2v) is 6.59. The molecular formula is C20H24F3N5O6. The molecule has 1 aromatic carbocycles. The highest BCUT2D eigenvalue weighted by Crippen LogP contribution is 2.31. The predicted octanol–water partition coefficient (Wildman–Crippen LogP) is 1.36. The highest BCUT2D eigenvalue weighted by molar-refractivity contribution is 6.04. The third kappa shape index (κ3) is 9.25. The van der Waals surface area contributed by atoms with Crippen LogP contribution in [0.25, 0.3) is 0 Å². The van der Waals surface area contributed by atoms with Crippen molar-refractivity contribution in [3.05, 3.63) is 29.3 Å². The smallest absolute Gasteiger partial charge is 0.426 e. The van der Waals surface area contributed by atoms with Crippen molar-refractivity contribution >= 4 is 29.6 Å². The first-order valence-corrected chi connectivity index (χ1v) is 9.83. The van der Waals surface area contributed by atoms with Gasteiger partial charge in [-0.2, -0.15) is 13.2 Å². The average molecular weight is 487 g/mol. The van der Waals surface area contributed by atoms with E-state index in [1.54, 1.807) is 6.92 Å². The van der Waals surface area contributed by atoms with Crippen molar-refractivity contribution in [1.29, 1.82) is 0 Å². The van der Waals surface area contributed by atoms with Crippen molar-refractivity contribution in [2.24, 2.45) is 0 Å². The van der Waals surface area contributed by atoms with Gasteiger partial charge in [-0.05, 0) is 32.0 Å². The Morgan fingerprint density at radius 3 is 2.41 bits per heavy atom. The van der Waals surface area contributed by atoms with E-state index in [1.807, 2.05) is 5.43 Å². The maximum absolute atomic E-state index is 13.1. The first-order valence-electron chi connectivity index (χ1n) is 9.83. The van der Waals surface area contributed by atoms with Crippen molar-refractivity contribution in [3.8, 4) is 11.8 Å². The van der Waals surface area contributed by atoms with Crippen molar-refractivity contribution in [2.75, 3.05) is 25.0 Å². The number of carbonyl (C=O) groups excluding carboxylic acids is 3. The molecule has 0 aliphatic rings. The van der Waals surface area contributed by atoms with Crippen LogP contribution in [-0.4, -0.2) is 64.9 Å². The summed E-state index contributed by atoms with van der Waals surface area (Å²) in [7, 11) is 0. The predicted molar refractivity (Wildman–Crippen MR) is 113 cm³/mol. The summed E-state index contributed by atoms with van der Waals surface area (Å²) in [5.74, 6) is 2.72. The zero-order valence-corrected chi connectivity index (χ0v) is 18.2. The molecule has 0 bridgehead atoms. The summed E-state index contributed by atoms with van der Waals surface area (Å²) >= 11 is 0. The highest BCUT2D eigenvalue weighted by Gasteiger charge is 2.32. The number of hydrazine groups is 1. The van der Waals surface area contributed by atoms with Gasteiger partial charge in [0.15, 0.2) is 0 Å². The maximum atomic E-state index is 13.1. The zero-order valence-electron chi connectivity index (χ0n) is 18.2. The van der Waals surface area contributed by atoms with E-state index in [9.17, 15) is 37.5 Å². The third-order valence-electron chi connectivity index (χ3n) is 4.01. The molecule has 6 N–H and O–H groups in total. The molecule has 0 unspecified atom stereocenters. The number of aliphatic hydroxyl groups excluding tert-OH is 1. The fourth-order valence-electron chi connectivity index (χ4n) is 2.48. The molecule has 0 aliphatic heterocycles. The number of hydrogen-bond donors (Lipinski definition) is 6. The van der Waals surface area contributed by atoms with Crippen LogP contribution < -0.4 is 21.4 Å². The molecule has 0 fully saturated rings. The molecule has 0 spiro atoms. The second-order valence-electron chi connectivity index (χ2n) is 6.59. The Hall–Kier alpha value is -3.99. The Bertz CT molecular complexity index is 974. The van der Waals surface area contributed by atoms with Crippen LogP contribution in [0.4, 0.5) is 28.4 Å².